The minimum absolute atomic E-state index is 0.169. The third-order valence-electron chi connectivity index (χ3n) is 2.29. The zero-order valence-electron chi connectivity index (χ0n) is 8.39. The van der Waals surface area contributed by atoms with Crippen LogP contribution in [0.2, 0.25) is 0 Å². The van der Waals surface area contributed by atoms with Gasteiger partial charge in [0.1, 0.15) is 5.78 Å². The third kappa shape index (κ3) is 3.19. The molecule has 2 fully saturated rings. The number of carbonyl (C=O) groups is 1. The maximum absolute atomic E-state index is 11.6. The van der Waals surface area contributed by atoms with Gasteiger partial charge in [-0.25, -0.2) is 0 Å². The van der Waals surface area contributed by atoms with Gasteiger partial charge in [-0.2, -0.15) is 0 Å². The Bertz CT molecular complexity index is 230. The molecule has 0 aliphatic heterocycles. The second-order valence-electron chi connectivity index (χ2n) is 3.42. The predicted octanol–water partition coefficient (Wildman–Crippen LogP) is 2.31. The van der Waals surface area contributed by atoms with E-state index in [2.05, 4.69) is 0 Å². The Morgan fingerprint density at radius 2 is 1.60 bits per heavy atom. The van der Waals surface area contributed by atoms with Crippen molar-refractivity contribution in [1.29, 1.82) is 0 Å². The number of allylic oxidation sites excluding steroid dienone is 2. The van der Waals surface area contributed by atoms with Gasteiger partial charge in [0.2, 0.25) is 0 Å². The average Bonchev–Trinajstić information content (AvgIpc) is 2.90. The van der Waals surface area contributed by atoms with E-state index in [1.807, 2.05) is 63.5 Å². The van der Waals surface area contributed by atoms with Crippen LogP contribution in [0.3, 0.4) is 0 Å². The molecule has 0 saturated heterocycles. The van der Waals surface area contributed by atoms with E-state index in [0.29, 0.717) is 6.42 Å². The van der Waals surface area contributed by atoms with E-state index >= 15 is 0 Å². The van der Waals surface area contributed by atoms with Crippen LogP contribution in [0.15, 0.2) is 12.2 Å². The lowest BCUT2D eigenvalue weighted by atomic mass is 9.99. The molecule has 0 aromatic heterocycles. The summed E-state index contributed by atoms with van der Waals surface area (Å²) < 4.78 is 0. The van der Waals surface area contributed by atoms with Crippen molar-refractivity contribution in [2.45, 2.75) is 6.42 Å². The lowest BCUT2D eigenvalue weighted by Gasteiger charge is -2.03. The van der Waals surface area contributed by atoms with E-state index in [1.165, 1.54) is 0 Å². The highest BCUT2D eigenvalue weighted by Gasteiger charge is 2.23. The first kappa shape index (κ1) is 10.9. The summed E-state index contributed by atoms with van der Waals surface area (Å²) in [4.78, 5) is 11.6. The van der Waals surface area contributed by atoms with Crippen molar-refractivity contribution in [2.24, 2.45) is 0 Å². The van der Waals surface area contributed by atoms with Gasteiger partial charge in [0.25, 0.3) is 0 Å². The molecule has 15 heavy (non-hydrogen) atoms. The molecule has 0 spiro atoms. The van der Waals surface area contributed by atoms with Crippen molar-refractivity contribution in [3.63, 3.8) is 0 Å². The number of hydrogen-bond acceptors (Lipinski definition) is 1. The third-order valence-corrected chi connectivity index (χ3v) is 2.29. The van der Waals surface area contributed by atoms with Gasteiger partial charge in [-0.05, 0) is 51.4 Å². The highest BCUT2D eigenvalue weighted by Crippen LogP contribution is 2.26. The zero-order valence-corrected chi connectivity index (χ0v) is 8.39. The monoisotopic (exact) mass is 196 g/mol. The fourth-order valence-electron chi connectivity index (χ4n) is 1.48. The quantitative estimate of drug-likeness (QED) is 0.674. The summed E-state index contributed by atoms with van der Waals surface area (Å²) in [5.41, 5.74) is 0. The molecule has 0 heterocycles. The molecule has 0 N–H and O–H groups in total. The molecule has 0 aromatic carbocycles. The summed E-state index contributed by atoms with van der Waals surface area (Å²) in [6, 6.07) is 0. The van der Waals surface area contributed by atoms with Crippen molar-refractivity contribution in [3.05, 3.63) is 75.4 Å². The van der Waals surface area contributed by atoms with Crippen LogP contribution in [0, 0.1) is 63.2 Å². The Kier molecular flexibility index (Phi) is 3.99. The van der Waals surface area contributed by atoms with E-state index in [-0.39, 0.29) is 5.78 Å². The zero-order chi connectivity index (χ0) is 10.5. The molecule has 2 aliphatic carbocycles. The van der Waals surface area contributed by atoms with Gasteiger partial charge in [0, 0.05) is 18.3 Å². The fraction of sp³-hybridized carbons (Fsp3) is 0.0714. The molecule has 0 unspecified atom stereocenters. The van der Waals surface area contributed by atoms with Crippen molar-refractivity contribution in [1.82, 2.24) is 0 Å². The Morgan fingerprint density at radius 1 is 1.00 bits per heavy atom. The summed E-state index contributed by atoms with van der Waals surface area (Å²) >= 11 is 0. The number of hydrogen-bond donors (Lipinski definition) is 0. The van der Waals surface area contributed by atoms with Crippen molar-refractivity contribution in [2.75, 3.05) is 0 Å². The van der Waals surface area contributed by atoms with Crippen LogP contribution >= 0.6 is 0 Å². The van der Waals surface area contributed by atoms with Crippen LogP contribution in [-0.4, -0.2) is 5.78 Å². The molecular formula is C14H12O. The number of carbonyl (C=O) groups excluding carboxylic acids is 1. The molecule has 0 atom stereocenters. The fourth-order valence-corrected chi connectivity index (χ4v) is 1.48. The van der Waals surface area contributed by atoms with Crippen LogP contribution in [0.25, 0.3) is 0 Å². The largest absolute Gasteiger partial charge is 0.299 e. The summed E-state index contributed by atoms with van der Waals surface area (Å²) in [6.07, 6.45) is 19.8. The van der Waals surface area contributed by atoms with Gasteiger partial charge in [0.05, 0.1) is 0 Å². The predicted molar refractivity (Wildman–Crippen MR) is 59.7 cm³/mol. The van der Waals surface area contributed by atoms with Crippen LogP contribution in [0.1, 0.15) is 6.42 Å². The van der Waals surface area contributed by atoms with Crippen molar-refractivity contribution >= 4 is 5.78 Å². The SMILES string of the molecule is O=C(C/C=C\[C]1[CH][CH][CH][CH]1)[C]1[CH][CH][CH][CH]1. The molecule has 2 rings (SSSR count). The number of rotatable bonds is 4. The molecule has 10 radical (unpaired) electrons. The molecule has 0 aromatic rings. The topological polar surface area (TPSA) is 17.1 Å². The van der Waals surface area contributed by atoms with E-state index in [4.69, 9.17) is 0 Å². The van der Waals surface area contributed by atoms with Crippen LogP contribution in [0.5, 0.6) is 0 Å². The van der Waals surface area contributed by atoms with Crippen LogP contribution < -0.4 is 0 Å². The van der Waals surface area contributed by atoms with E-state index in [0.717, 1.165) is 11.8 Å². The Labute approximate surface area is 92.9 Å². The van der Waals surface area contributed by atoms with Crippen LogP contribution in [0.4, 0.5) is 0 Å². The molecule has 2 aliphatic rings. The molecule has 74 valence electrons. The smallest absolute Gasteiger partial charge is 0.144 e. The van der Waals surface area contributed by atoms with Crippen molar-refractivity contribution in [3.8, 4) is 0 Å². The molecule has 0 bridgehead atoms. The van der Waals surface area contributed by atoms with Crippen LogP contribution in [-0.2, 0) is 4.79 Å². The molecule has 2 saturated carbocycles. The summed E-state index contributed by atoms with van der Waals surface area (Å²) in [6.45, 7) is 0. The van der Waals surface area contributed by atoms with Gasteiger partial charge >= 0.3 is 0 Å². The van der Waals surface area contributed by atoms with E-state index in [9.17, 15) is 4.79 Å². The van der Waals surface area contributed by atoms with Gasteiger partial charge in [-0.3, -0.25) is 4.79 Å². The van der Waals surface area contributed by atoms with Crippen molar-refractivity contribution < 1.29 is 4.79 Å². The maximum Gasteiger partial charge on any atom is 0.144 e. The summed E-state index contributed by atoms with van der Waals surface area (Å²) in [7, 11) is 0. The Morgan fingerprint density at radius 3 is 2.27 bits per heavy atom. The first-order valence-corrected chi connectivity index (χ1v) is 4.99. The maximum atomic E-state index is 11.6. The summed E-state index contributed by atoms with van der Waals surface area (Å²) in [5, 5.41) is 0. The van der Waals surface area contributed by atoms with Gasteiger partial charge in [0.15, 0.2) is 0 Å². The first-order valence-electron chi connectivity index (χ1n) is 4.99. The van der Waals surface area contributed by atoms with Gasteiger partial charge < -0.3 is 0 Å². The Hall–Kier alpha value is -0.590. The van der Waals surface area contributed by atoms with Gasteiger partial charge in [-0.1, -0.05) is 12.2 Å². The van der Waals surface area contributed by atoms with E-state index < -0.39 is 0 Å². The molecule has 0 amide bonds. The highest BCUT2D eigenvalue weighted by molar-refractivity contribution is 5.98. The first-order chi connectivity index (χ1) is 7.36. The second kappa shape index (κ2) is 5.48. The number of ketones is 1. The average molecular weight is 196 g/mol. The minimum Gasteiger partial charge on any atom is -0.299 e. The normalized spacial score (nSPS) is 24.3. The molecular weight excluding hydrogens is 184 g/mol. The Balaban J connectivity index is 1.69. The lowest BCUT2D eigenvalue weighted by molar-refractivity contribution is -0.115. The molecule has 1 heteroatoms. The second-order valence-corrected chi connectivity index (χ2v) is 3.42. The highest BCUT2D eigenvalue weighted by atomic mass is 16.1. The lowest BCUT2D eigenvalue weighted by Crippen LogP contribution is -2.07. The minimum atomic E-state index is 0.169. The number of Topliss-reactive ketones (excluding diaryl/α,β-unsaturated/α-hetero) is 1. The standard InChI is InChI=1S/C14H12O/c15-14(13-9-3-4-10-13)11-5-8-12-6-1-2-7-12/h1-10H,11H2/b8-5-. The summed E-state index contributed by atoms with van der Waals surface area (Å²) in [5.74, 6) is 2.11. The van der Waals surface area contributed by atoms with E-state index in [1.54, 1.807) is 0 Å². The molecule has 1 nitrogen and oxygen atoms in total. The van der Waals surface area contributed by atoms with Gasteiger partial charge in [-0.15, -0.1) is 0 Å².